The first-order valence-electron chi connectivity index (χ1n) is 9.52. The van der Waals surface area contributed by atoms with Crippen molar-refractivity contribution in [3.8, 4) is 0 Å². The summed E-state index contributed by atoms with van der Waals surface area (Å²) in [6.45, 7) is 1.16. The number of amides is 1. The summed E-state index contributed by atoms with van der Waals surface area (Å²) >= 11 is 0. The van der Waals surface area contributed by atoms with Gasteiger partial charge in [-0.25, -0.2) is 17.8 Å². The maximum atomic E-state index is 13.1. The quantitative estimate of drug-likeness (QED) is 0.596. The zero-order valence-electron chi connectivity index (χ0n) is 16.1. The van der Waals surface area contributed by atoms with Crippen LogP contribution < -0.4 is 0 Å². The van der Waals surface area contributed by atoms with E-state index in [9.17, 15) is 17.6 Å². The van der Waals surface area contributed by atoms with E-state index in [2.05, 4.69) is 4.98 Å². The summed E-state index contributed by atoms with van der Waals surface area (Å²) in [7, 11) is -3.74. The highest BCUT2D eigenvalue weighted by Gasteiger charge is 2.27. The lowest BCUT2D eigenvalue weighted by Gasteiger charge is -2.21. The molecule has 1 aliphatic rings. The van der Waals surface area contributed by atoms with E-state index in [1.165, 1.54) is 28.6 Å². The largest absolute Gasteiger partial charge is 0.437 e. The molecule has 0 atom stereocenters. The molecule has 7 nitrogen and oxygen atoms in total. The fourth-order valence-corrected chi connectivity index (χ4v) is 4.79. The van der Waals surface area contributed by atoms with Gasteiger partial charge < -0.3 is 9.32 Å². The normalized spacial score (nSPS) is 16.2. The molecule has 1 aliphatic heterocycles. The van der Waals surface area contributed by atoms with Crippen LogP contribution >= 0.6 is 0 Å². The van der Waals surface area contributed by atoms with Crippen LogP contribution in [0.3, 0.4) is 0 Å². The molecule has 0 saturated carbocycles. The van der Waals surface area contributed by atoms with Crippen LogP contribution in [0.15, 0.2) is 63.9 Å². The molecular formula is C21H20FN3O4S. The van der Waals surface area contributed by atoms with Gasteiger partial charge in [0.25, 0.3) is 0 Å². The summed E-state index contributed by atoms with van der Waals surface area (Å²) in [6.07, 6.45) is 3.40. The number of sulfonamides is 1. The van der Waals surface area contributed by atoms with Crippen LogP contribution in [0.4, 0.5) is 4.39 Å². The van der Waals surface area contributed by atoms with Gasteiger partial charge in [-0.15, -0.1) is 0 Å². The van der Waals surface area contributed by atoms with Crippen molar-refractivity contribution in [1.82, 2.24) is 14.2 Å². The van der Waals surface area contributed by atoms with Gasteiger partial charge in [0.1, 0.15) is 11.3 Å². The number of benzene rings is 2. The summed E-state index contributed by atoms with van der Waals surface area (Å²) in [4.78, 5) is 18.5. The Kier molecular flexibility index (Phi) is 5.65. The Morgan fingerprint density at radius 3 is 2.57 bits per heavy atom. The second-order valence-corrected chi connectivity index (χ2v) is 8.83. The summed E-state index contributed by atoms with van der Waals surface area (Å²) in [5.74, 6) is -0.398. The van der Waals surface area contributed by atoms with E-state index < -0.39 is 15.8 Å². The number of hydrogen-bond acceptors (Lipinski definition) is 5. The van der Waals surface area contributed by atoms with Crippen LogP contribution in [0.2, 0.25) is 0 Å². The smallest absolute Gasteiger partial charge is 0.246 e. The zero-order valence-corrected chi connectivity index (χ0v) is 16.9. The number of halogens is 1. The van der Waals surface area contributed by atoms with E-state index >= 15 is 0 Å². The molecule has 2 heterocycles. The summed E-state index contributed by atoms with van der Waals surface area (Å²) in [5, 5.41) is 0. The zero-order chi connectivity index (χ0) is 21.1. The first-order valence-corrected chi connectivity index (χ1v) is 11.0. The second-order valence-electron chi connectivity index (χ2n) is 6.89. The van der Waals surface area contributed by atoms with Crippen molar-refractivity contribution < 1.29 is 22.0 Å². The Labute approximate surface area is 173 Å². The fraction of sp³-hybridized carbons (Fsp3) is 0.238. The van der Waals surface area contributed by atoms with E-state index in [1.807, 2.05) is 18.2 Å². The minimum absolute atomic E-state index is 0.0412. The van der Waals surface area contributed by atoms with Crippen molar-refractivity contribution in [3.05, 3.63) is 66.3 Å². The number of hydrogen-bond donors (Lipinski definition) is 0. The lowest BCUT2D eigenvalue weighted by atomic mass is 10.3. The molecule has 2 aromatic carbocycles. The molecule has 0 aliphatic carbocycles. The van der Waals surface area contributed by atoms with E-state index in [0.29, 0.717) is 36.5 Å². The van der Waals surface area contributed by atoms with Crippen LogP contribution in [0.1, 0.15) is 12.3 Å². The Morgan fingerprint density at radius 1 is 1.03 bits per heavy atom. The molecule has 0 spiro atoms. The highest BCUT2D eigenvalue weighted by Crippen LogP contribution is 2.19. The number of carbonyl (C=O) groups is 1. The lowest BCUT2D eigenvalue weighted by Crippen LogP contribution is -2.36. The van der Waals surface area contributed by atoms with Gasteiger partial charge in [0.2, 0.25) is 21.8 Å². The van der Waals surface area contributed by atoms with Gasteiger partial charge in [0.05, 0.1) is 4.90 Å². The highest BCUT2D eigenvalue weighted by molar-refractivity contribution is 7.89. The number of rotatable bonds is 4. The predicted octanol–water partition coefficient (Wildman–Crippen LogP) is 2.90. The number of para-hydroxylation sites is 2. The maximum Gasteiger partial charge on any atom is 0.246 e. The molecule has 1 fully saturated rings. The topological polar surface area (TPSA) is 83.7 Å². The summed E-state index contributed by atoms with van der Waals surface area (Å²) in [6, 6.07) is 12.1. The third kappa shape index (κ3) is 4.27. The van der Waals surface area contributed by atoms with Crippen molar-refractivity contribution in [2.75, 3.05) is 26.2 Å². The fourth-order valence-electron chi connectivity index (χ4n) is 3.32. The van der Waals surface area contributed by atoms with E-state index in [0.717, 1.165) is 12.1 Å². The molecule has 1 saturated heterocycles. The standard InChI is InChI=1S/C21H20FN3O4S/c22-16-6-8-17(9-7-16)30(27,28)25-13-3-12-24(14-15-25)21(26)11-10-20-23-18-4-1-2-5-19(18)29-20/h1-2,4-11H,3,12-15H2/b11-10+. The number of nitrogens with zero attached hydrogens (tertiary/aromatic N) is 3. The molecular weight excluding hydrogens is 409 g/mol. The summed E-state index contributed by atoms with van der Waals surface area (Å²) < 4.78 is 45.6. The average Bonchev–Trinajstić information content (AvgIpc) is 2.98. The third-order valence-electron chi connectivity index (χ3n) is 4.90. The average molecular weight is 429 g/mol. The first-order chi connectivity index (χ1) is 14.4. The van der Waals surface area contributed by atoms with Gasteiger partial charge in [-0.3, -0.25) is 4.79 Å². The molecule has 1 aromatic heterocycles. The van der Waals surface area contributed by atoms with Gasteiger partial charge >= 0.3 is 0 Å². The van der Waals surface area contributed by atoms with Crippen molar-refractivity contribution in [2.24, 2.45) is 0 Å². The molecule has 9 heteroatoms. The maximum absolute atomic E-state index is 13.1. The number of aromatic nitrogens is 1. The third-order valence-corrected chi connectivity index (χ3v) is 6.81. The molecule has 1 amide bonds. The van der Waals surface area contributed by atoms with Crippen LogP contribution in [0.25, 0.3) is 17.2 Å². The first kappa shape index (κ1) is 20.2. The minimum Gasteiger partial charge on any atom is -0.437 e. The van der Waals surface area contributed by atoms with Crippen LogP contribution in [-0.4, -0.2) is 54.7 Å². The molecule has 156 valence electrons. The number of oxazole rings is 1. The van der Waals surface area contributed by atoms with Crippen LogP contribution in [-0.2, 0) is 14.8 Å². The van der Waals surface area contributed by atoms with Gasteiger partial charge in [-0.05, 0) is 42.8 Å². The Morgan fingerprint density at radius 2 is 1.80 bits per heavy atom. The van der Waals surface area contributed by atoms with Crippen molar-refractivity contribution in [2.45, 2.75) is 11.3 Å². The van der Waals surface area contributed by atoms with Gasteiger partial charge in [-0.1, -0.05) is 12.1 Å². The van der Waals surface area contributed by atoms with Crippen LogP contribution in [0, 0.1) is 5.82 Å². The van der Waals surface area contributed by atoms with E-state index in [1.54, 1.807) is 11.0 Å². The number of carbonyl (C=O) groups excluding carboxylic acids is 1. The molecule has 0 unspecified atom stereocenters. The number of fused-ring (bicyclic) bond motifs is 1. The van der Waals surface area contributed by atoms with Crippen molar-refractivity contribution in [1.29, 1.82) is 0 Å². The molecule has 30 heavy (non-hydrogen) atoms. The molecule has 3 aromatic rings. The monoisotopic (exact) mass is 429 g/mol. The molecule has 0 N–H and O–H groups in total. The highest BCUT2D eigenvalue weighted by atomic mass is 32.2. The molecule has 0 radical (unpaired) electrons. The lowest BCUT2D eigenvalue weighted by molar-refractivity contribution is -0.125. The Balaban J connectivity index is 1.42. The van der Waals surface area contributed by atoms with Crippen molar-refractivity contribution >= 4 is 33.1 Å². The van der Waals surface area contributed by atoms with E-state index in [-0.39, 0.29) is 23.9 Å². The summed E-state index contributed by atoms with van der Waals surface area (Å²) in [5.41, 5.74) is 1.35. The van der Waals surface area contributed by atoms with Gasteiger partial charge in [0, 0.05) is 38.3 Å². The minimum atomic E-state index is -3.74. The molecule has 0 bridgehead atoms. The molecule has 4 rings (SSSR count). The second kappa shape index (κ2) is 8.37. The van der Waals surface area contributed by atoms with Crippen molar-refractivity contribution in [3.63, 3.8) is 0 Å². The Bertz CT molecular complexity index is 1160. The van der Waals surface area contributed by atoms with E-state index in [4.69, 9.17) is 4.42 Å². The van der Waals surface area contributed by atoms with Crippen LogP contribution in [0.5, 0.6) is 0 Å². The van der Waals surface area contributed by atoms with Gasteiger partial charge in [-0.2, -0.15) is 4.31 Å². The Hall–Kier alpha value is -3.04. The SMILES string of the molecule is O=C(/C=C/c1nc2ccccc2o1)N1CCCN(S(=O)(=O)c2ccc(F)cc2)CC1. The van der Waals surface area contributed by atoms with Gasteiger partial charge in [0.15, 0.2) is 5.58 Å². The predicted molar refractivity (Wildman–Crippen MR) is 109 cm³/mol.